The molecule has 1 aliphatic heterocycles. The summed E-state index contributed by atoms with van der Waals surface area (Å²) in [4.78, 5) is 0. The molecule has 122 valence electrons. The Labute approximate surface area is 135 Å². The summed E-state index contributed by atoms with van der Waals surface area (Å²) < 4.78 is 39.4. The molecule has 0 aromatic heterocycles. The molecule has 0 saturated carbocycles. The van der Waals surface area contributed by atoms with Crippen LogP contribution in [0.5, 0.6) is 0 Å². The van der Waals surface area contributed by atoms with Crippen LogP contribution >= 0.6 is 0 Å². The molecule has 2 aromatic carbocycles. The summed E-state index contributed by atoms with van der Waals surface area (Å²) >= 11 is 0. The smallest absolute Gasteiger partial charge is 0.154 e. The molecule has 1 fully saturated rings. The van der Waals surface area contributed by atoms with Crippen LogP contribution in [0.1, 0.15) is 29.5 Å². The minimum absolute atomic E-state index is 0.0319. The second-order valence-electron chi connectivity index (χ2n) is 6.11. The largest absolute Gasteiger partial charge is 0.352 e. The summed E-state index contributed by atoms with van der Waals surface area (Å²) in [5, 5.41) is 0. The van der Waals surface area contributed by atoms with Gasteiger partial charge < -0.3 is 9.47 Å². The van der Waals surface area contributed by atoms with E-state index in [2.05, 4.69) is 0 Å². The van der Waals surface area contributed by atoms with Crippen LogP contribution in [0.3, 0.4) is 0 Å². The van der Waals surface area contributed by atoms with E-state index in [4.69, 9.17) is 9.47 Å². The summed E-state index contributed by atoms with van der Waals surface area (Å²) in [7, 11) is 0. The first-order valence-corrected chi connectivity index (χ1v) is 7.75. The van der Waals surface area contributed by atoms with Crippen LogP contribution in [-0.4, -0.2) is 19.5 Å². The topological polar surface area (TPSA) is 18.5 Å². The molecule has 0 spiro atoms. The molecule has 1 heterocycles. The highest BCUT2D eigenvalue weighted by molar-refractivity contribution is 5.69. The molecule has 0 aliphatic carbocycles. The van der Waals surface area contributed by atoms with E-state index in [1.54, 1.807) is 13.0 Å². The van der Waals surface area contributed by atoms with Crippen molar-refractivity contribution in [2.45, 2.75) is 33.0 Å². The Morgan fingerprint density at radius 1 is 0.957 bits per heavy atom. The lowest BCUT2D eigenvalue weighted by Crippen LogP contribution is -2.28. The van der Waals surface area contributed by atoms with Gasteiger partial charge in [0.1, 0.15) is 11.6 Å². The molecule has 0 N–H and O–H groups in total. The number of aryl methyl sites for hydroxylation is 2. The maximum atomic E-state index is 14.2. The Morgan fingerprint density at radius 2 is 1.57 bits per heavy atom. The van der Waals surface area contributed by atoms with Crippen LogP contribution in [0.4, 0.5) is 8.78 Å². The van der Waals surface area contributed by atoms with Gasteiger partial charge in [0.05, 0.1) is 18.8 Å². The third kappa shape index (κ3) is 3.28. The molecule has 0 radical (unpaired) electrons. The van der Waals surface area contributed by atoms with Crippen LogP contribution in [0.2, 0.25) is 0 Å². The molecule has 2 nitrogen and oxygen atoms in total. The second kappa shape index (κ2) is 6.38. The summed E-state index contributed by atoms with van der Waals surface area (Å²) in [6, 6.07) is 8.35. The van der Waals surface area contributed by atoms with E-state index < -0.39 is 11.6 Å². The Kier molecular flexibility index (Phi) is 4.46. The zero-order chi connectivity index (χ0) is 16.6. The molecule has 0 atom stereocenters. The SMILES string of the molecule is Cc1cc(F)c(-c2ccc(C3COC(C)OC3)cc2C)c(F)c1. The standard InChI is InChI=1S/C19H20F2O2/c1-11-6-17(20)19(18(21)7-11)16-5-4-14(8-12(16)2)15-9-22-13(3)23-10-15/h4-8,13,15H,9-10H2,1-3H3. The van der Waals surface area contributed by atoms with Gasteiger partial charge in [-0.15, -0.1) is 0 Å². The van der Waals surface area contributed by atoms with Crippen LogP contribution in [0.25, 0.3) is 11.1 Å². The van der Waals surface area contributed by atoms with Crippen LogP contribution in [0, 0.1) is 25.5 Å². The van der Waals surface area contributed by atoms with Crippen molar-refractivity contribution >= 4 is 0 Å². The molecular weight excluding hydrogens is 298 g/mol. The quantitative estimate of drug-likeness (QED) is 0.797. The molecule has 2 aromatic rings. The predicted octanol–water partition coefficient (Wildman–Crippen LogP) is 4.73. The number of hydrogen-bond acceptors (Lipinski definition) is 2. The zero-order valence-corrected chi connectivity index (χ0v) is 13.5. The highest BCUT2D eigenvalue weighted by atomic mass is 19.1. The highest BCUT2D eigenvalue weighted by Crippen LogP contribution is 2.32. The maximum absolute atomic E-state index is 14.2. The summed E-state index contributed by atoms with van der Waals surface area (Å²) in [6.45, 7) is 6.59. The number of hydrogen-bond donors (Lipinski definition) is 0. The third-order valence-electron chi connectivity index (χ3n) is 4.24. The summed E-state index contributed by atoms with van der Waals surface area (Å²) in [5.74, 6) is -0.917. The van der Waals surface area contributed by atoms with Gasteiger partial charge >= 0.3 is 0 Å². The van der Waals surface area contributed by atoms with Crippen molar-refractivity contribution in [1.29, 1.82) is 0 Å². The fourth-order valence-electron chi connectivity index (χ4n) is 2.97. The van der Waals surface area contributed by atoms with Crippen molar-refractivity contribution in [3.8, 4) is 11.1 Å². The van der Waals surface area contributed by atoms with Crippen molar-refractivity contribution in [2.75, 3.05) is 13.2 Å². The van der Waals surface area contributed by atoms with Crippen molar-refractivity contribution < 1.29 is 18.3 Å². The first-order valence-electron chi connectivity index (χ1n) is 7.75. The van der Waals surface area contributed by atoms with Crippen LogP contribution < -0.4 is 0 Å². The number of benzene rings is 2. The fourth-order valence-corrected chi connectivity index (χ4v) is 2.97. The molecule has 0 bridgehead atoms. The molecular formula is C19H20F2O2. The van der Waals surface area contributed by atoms with Gasteiger partial charge in [0, 0.05) is 5.92 Å². The van der Waals surface area contributed by atoms with Crippen molar-refractivity contribution in [3.63, 3.8) is 0 Å². The summed E-state index contributed by atoms with van der Waals surface area (Å²) in [5.41, 5.74) is 3.08. The number of halogens is 2. The zero-order valence-electron chi connectivity index (χ0n) is 13.5. The lowest BCUT2D eigenvalue weighted by Gasteiger charge is -2.28. The first kappa shape index (κ1) is 16.1. The lowest BCUT2D eigenvalue weighted by atomic mass is 9.92. The van der Waals surface area contributed by atoms with Gasteiger partial charge in [0.25, 0.3) is 0 Å². The monoisotopic (exact) mass is 318 g/mol. The van der Waals surface area contributed by atoms with E-state index in [-0.39, 0.29) is 17.8 Å². The summed E-state index contributed by atoms with van der Waals surface area (Å²) in [6.07, 6.45) is -0.178. The van der Waals surface area contributed by atoms with Gasteiger partial charge in [-0.25, -0.2) is 8.78 Å². The van der Waals surface area contributed by atoms with E-state index in [1.807, 2.05) is 26.0 Å². The Bertz CT molecular complexity index is 696. The van der Waals surface area contributed by atoms with E-state index in [0.29, 0.717) is 24.3 Å². The van der Waals surface area contributed by atoms with E-state index >= 15 is 0 Å². The predicted molar refractivity (Wildman–Crippen MR) is 85.4 cm³/mol. The minimum atomic E-state index is -0.531. The van der Waals surface area contributed by atoms with Gasteiger partial charge in [-0.05, 0) is 55.2 Å². The number of rotatable bonds is 2. The van der Waals surface area contributed by atoms with Crippen molar-refractivity contribution in [2.24, 2.45) is 0 Å². The minimum Gasteiger partial charge on any atom is -0.352 e. The molecule has 1 aliphatic rings. The lowest BCUT2D eigenvalue weighted by molar-refractivity contribution is -0.176. The maximum Gasteiger partial charge on any atom is 0.154 e. The van der Waals surface area contributed by atoms with Crippen molar-refractivity contribution in [1.82, 2.24) is 0 Å². The molecule has 0 amide bonds. The third-order valence-corrected chi connectivity index (χ3v) is 4.24. The van der Waals surface area contributed by atoms with Gasteiger partial charge in [0.15, 0.2) is 6.29 Å². The van der Waals surface area contributed by atoms with Gasteiger partial charge in [-0.3, -0.25) is 0 Å². The number of ether oxygens (including phenoxy) is 2. The van der Waals surface area contributed by atoms with Gasteiger partial charge in [0.2, 0.25) is 0 Å². The van der Waals surface area contributed by atoms with Crippen LogP contribution in [-0.2, 0) is 9.47 Å². The Balaban J connectivity index is 1.94. The Morgan fingerprint density at radius 3 is 2.13 bits per heavy atom. The van der Waals surface area contributed by atoms with Gasteiger partial charge in [-0.2, -0.15) is 0 Å². The molecule has 0 unspecified atom stereocenters. The molecule has 4 heteroatoms. The van der Waals surface area contributed by atoms with Gasteiger partial charge in [-0.1, -0.05) is 18.2 Å². The normalized spacial score (nSPS) is 21.4. The van der Waals surface area contributed by atoms with E-state index in [0.717, 1.165) is 11.1 Å². The molecule has 3 rings (SSSR count). The van der Waals surface area contributed by atoms with E-state index in [9.17, 15) is 8.78 Å². The van der Waals surface area contributed by atoms with Crippen LogP contribution in [0.15, 0.2) is 30.3 Å². The Hall–Kier alpha value is -1.78. The van der Waals surface area contributed by atoms with Crippen molar-refractivity contribution in [3.05, 3.63) is 58.7 Å². The average Bonchev–Trinajstić information content (AvgIpc) is 2.48. The average molecular weight is 318 g/mol. The molecule has 23 heavy (non-hydrogen) atoms. The highest BCUT2D eigenvalue weighted by Gasteiger charge is 2.22. The first-order chi connectivity index (χ1) is 11.0. The fraction of sp³-hybridized carbons (Fsp3) is 0.368. The second-order valence-corrected chi connectivity index (χ2v) is 6.11. The molecule has 1 saturated heterocycles. The van der Waals surface area contributed by atoms with E-state index in [1.165, 1.54) is 12.1 Å².